The van der Waals surface area contributed by atoms with Gasteiger partial charge in [0.15, 0.2) is 0 Å². The second-order valence-electron chi connectivity index (χ2n) is 8.46. The second kappa shape index (κ2) is 10.4. The van der Waals surface area contributed by atoms with E-state index >= 15 is 0 Å². The molecular formula is C27H38N2. The van der Waals surface area contributed by atoms with Crippen molar-refractivity contribution in [2.75, 3.05) is 5.32 Å². The number of allylic oxidation sites excluding steroid dienone is 2. The van der Waals surface area contributed by atoms with E-state index in [4.69, 9.17) is 4.99 Å². The molecule has 1 N–H and O–H groups in total. The highest BCUT2D eigenvalue weighted by Gasteiger charge is 2.14. The minimum atomic E-state index is 0.474. The third kappa shape index (κ3) is 5.82. The first kappa shape index (κ1) is 22.9. The molecule has 2 aromatic carbocycles. The van der Waals surface area contributed by atoms with Crippen molar-refractivity contribution in [2.24, 2.45) is 4.99 Å². The molecule has 0 spiro atoms. The van der Waals surface area contributed by atoms with E-state index in [-0.39, 0.29) is 0 Å². The van der Waals surface area contributed by atoms with E-state index in [1.165, 1.54) is 27.9 Å². The van der Waals surface area contributed by atoms with E-state index < -0.39 is 0 Å². The lowest BCUT2D eigenvalue weighted by Gasteiger charge is -2.21. The Bertz CT molecular complexity index is 837. The van der Waals surface area contributed by atoms with Gasteiger partial charge in [0.1, 0.15) is 0 Å². The zero-order valence-corrected chi connectivity index (χ0v) is 19.6. The molecule has 0 aliphatic carbocycles. The van der Waals surface area contributed by atoms with Gasteiger partial charge in [-0.1, -0.05) is 77.9 Å². The van der Waals surface area contributed by atoms with Crippen molar-refractivity contribution in [3.05, 3.63) is 70.4 Å². The smallest absolute Gasteiger partial charge is 0.0696 e. The van der Waals surface area contributed by atoms with Crippen molar-refractivity contribution < 1.29 is 0 Å². The zero-order chi connectivity index (χ0) is 21.6. The number of para-hydroxylation sites is 2. The molecule has 2 rings (SSSR count). The van der Waals surface area contributed by atoms with Gasteiger partial charge >= 0.3 is 0 Å². The van der Waals surface area contributed by atoms with Crippen LogP contribution in [0.4, 0.5) is 11.4 Å². The molecule has 29 heavy (non-hydrogen) atoms. The van der Waals surface area contributed by atoms with E-state index in [1.54, 1.807) is 0 Å². The predicted molar refractivity (Wildman–Crippen MR) is 130 cm³/mol. The summed E-state index contributed by atoms with van der Waals surface area (Å²) in [4.78, 5) is 5.00. The van der Waals surface area contributed by atoms with Gasteiger partial charge in [0.25, 0.3) is 0 Å². The highest BCUT2D eigenvalue weighted by molar-refractivity contribution is 5.96. The summed E-state index contributed by atoms with van der Waals surface area (Å²) >= 11 is 0. The van der Waals surface area contributed by atoms with Gasteiger partial charge in [-0.2, -0.15) is 0 Å². The van der Waals surface area contributed by atoms with Gasteiger partial charge in [-0.15, -0.1) is 0 Å². The molecule has 156 valence electrons. The number of aryl methyl sites for hydroxylation is 2. The standard InChI is InChI=1S/C27H38N2/c1-9-22-13-11-14-23(10-2)26(22)28-20(7)17-21(8)29-27-24(18(3)4)15-12-16-25(27)19(5)6/h11-19,29H,9-10H2,1-8H3/b21-17+,28-20?. The monoisotopic (exact) mass is 390 g/mol. The predicted octanol–water partition coefficient (Wildman–Crippen LogP) is 8.17. The van der Waals surface area contributed by atoms with Crippen LogP contribution in [-0.4, -0.2) is 5.71 Å². The molecule has 0 unspecified atom stereocenters. The van der Waals surface area contributed by atoms with Crippen LogP contribution in [0.5, 0.6) is 0 Å². The average molecular weight is 391 g/mol. The molecular weight excluding hydrogens is 352 g/mol. The van der Waals surface area contributed by atoms with Crippen molar-refractivity contribution in [2.45, 2.75) is 80.1 Å². The van der Waals surface area contributed by atoms with Crippen molar-refractivity contribution >= 4 is 17.1 Å². The Morgan fingerprint density at radius 1 is 0.862 bits per heavy atom. The van der Waals surface area contributed by atoms with Gasteiger partial charge in [0.2, 0.25) is 0 Å². The number of hydrogen-bond acceptors (Lipinski definition) is 2. The molecule has 2 heteroatoms. The molecule has 0 atom stereocenters. The Labute approximate surface area is 178 Å². The molecule has 0 saturated carbocycles. The summed E-state index contributed by atoms with van der Waals surface area (Å²) in [5.74, 6) is 0.949. The van der Waals surface area contributed by atoms with Gasteiger partial charge in [-0.3, -0.25) is 4.99 Å². The maximum Gasteiger partial charge on any atom is 0.0696 e. The summed E-state index contributed by atoms with van der Waals surface area (Å²) in [6.45, 7) is 17.6. The van der Waals surface area contributed by atoms with Crippen LogP contribution in [0.1, 0.15) is 89.5 Å². The first-order chi connectivity index (χ1) is 13.8. The van der Waals surface area contributed by atoms with Crippen LogP contribution < -0.4 is 5.32 Å². The average Bonchev–Trinajstić information content (AvgIpc) is 2.67. The molecule has 2 nitrogen and oxygen atoms in total. The fourth-order valence-electron chi connectivity index (χ4n) is 3.81. The molecule has 0 saturated heterocycles. The summed E-state index contributed by atoms with van der Waals surface area (Å²) < 4.78 is 0. The summed E-state index contributed by atoms with van der Waals surface area (Å²) in [5.41, 5.74) is 9.90. The highest BCUT2D eigenvalue weighted by atomic mass is 14.9. The third-order valence-electron chi connectivity index (χ3n) is 5.37. The van der Waals surface area contributed by atoms with Crippen LogP contribution in [-0.2, 0) is 12.8 Å². The Hall–Kier alpha value is -2.35. The van der Waals surface area contributed by atoms with Gasteiger partial charge in [0, 0.05) is 17.1 Å². The van der Waals surface area contributed by atoms with Crippen molar-refractivity contribution in [1.29, 1.82) is 0 Å². The minimum absolute atomic E-state index is 0.474. The molecule has 0 aliphatic heterocycles. The van der Waals surface area contributed by atoms with E-state index in [9.17, 15) is 0 Å². The van der Waals surface area contributed by atoms with Crippen LogP contribution >= 0.6 is 0 Å². The topological polar surface area (TPSA) is 24.4 Å². The molecule has 0 aromatic heterocycles. The van der Waals surface area contributed by atoms with Crippen molar-refractivity contribution in [1.82, 2.24) is 0 Å². The van der Waals surface area contributed by atoms with Gasteiger partial charge in [-0.25, -0.2) is 0 Å². The lowest BCUT2D eigenvalue weighted by molar-refractivity contribution is 0.837. The second-order valence-corrected chi connectivity index (χ2v) is 8.46. The number of benzene rings is 2. The van der Waals surface area contributed by atoms with Gasteiger partial charge < -0.3 is 5.32 Å². The quantitative estimate of drug-likeness (QED) is 0.452. The number of anilines is 1. The van der Waals surface area contributed by atoms with Crippen molar-refractivity contribution in [3.63, 3.8) is 0 Å². The van der Waals surface area contributed by atoms with E-state index in [1.807, 2.05) is 0 Å². The van der Waals surface area contributed by atoms with E-state index in [2.05, 4.69) is 103 Å². The fourth-order valence-corrected chi connectivity index (χ4v) is 3.81. The summed E-state index contributed by atoms with van der Waals surface area (Å²) in [7, 11) is 0. The lowest BCUT2D eigenvalue weighted by atomic mass is 9.92. The minimum Gasteiger partial charge on any atom is -0.359 e. The summed E-state index contributed by atoms with van der Waals surface area (Å²) in [6, 6.07) is 13.2. The summed E-state index contributed by atoms with van der Waals surface area (Å²) in [5, 5.41) is 3.70. The maximum atomic E-state index is 5.00. The number of nitrogens with one attached hydrogen (secondary N) is 1. The number of hydrogen-bond donors (Lipinski definition) is 1. The fraction of sp³-hybridized carbons (Fsp3) is 0.444. The summed E-state index contributed by atoms with van der Waals surface area (Å²) in [6.07, 6.45) is 4.16. The van der Waals surface area contributed by atoms with Gasteiger partial charge in [-0.05, 0) is 66.9 Å². The van der Waals surface area contributed by atoms with Gasteiger partial charge in [0.05, 0.1) is 5.69 Å². The largest absolute Gasteiger partial charge is 0.359 e. The first-order valence-corrected chi connectivity index (χ1v) is 11.0. The van der Waals surface area contributed by atoms with Crippen LogP contribution in [0.3, 0.4) is 0 Å². The molecule has 2 aromatic rings. The van der Waals surface area contributed by atoms with E-state index in [0.717, 1.165) is 29.9 Å². The van der Waals surface area contributed by atoms with Crippen LogP contribution in [0.15, 0.2) is 53.2 Å². The van der Waals surface area contributed by atoms with Crippen LogP contribution in [0, 0.1) is 0 Å². The molecule has 0 radical (unpaired) electrons. The normalized spacial score (nSPS) is 12.8. The Morgan fingerprint density at radius 2 is 1.34 bits per heavy atom. The van der Waals surface area contributed by atoms with Crippen molar-refractivity contribution in [3.8, 4) is 0 Å². The van der Waals surface area contributed by atoms with Crippen LogP contribution in [0.2, 0.25) is 0 Å². The molecule has 0 heterocycles. The molecule has 0 bridgehead atoms. The molecule has 0 aliphatic rings. The highest BCUT2D eigenvalue weighted by Crippen LogP contribution is 2.33. The number of nitrogens with zero attached hydrogens (tertiary/aromatic N) is 1. The molecule has 0 fully saturated rings. The lowest BCUT2D eigenvalue weighted by Crippen LogP contribution is -2.07. The number of rotatable bonds is 8. The molecule has 0 amide bonds. The third-order valence-corrected chi connectivity index (χ3v) is 5.37. The number of aliphatic imine (C=N–C) groups is 1. The zero-order valence-electron chi connectivity index (χ0n) is 19.6. The first-order valence-electron chi connectivity index (χ1n) is 11.0. The van der Waals surface area contributed by atoms with Crippen LogP contribution in [0.25, 0.3) is 0 Å². The maximum absolute atomic E-state index is 5.00. The van der Waals surface area contributed by atoms with E-state index in [0.29, 0.717) is 11.8 Å². The Morgan fingerprint density at radius 3 is 1.79 bits per heavy atom. The SMILES string of the molecule is CCc1cccc(CC)c1N=C(C)/C=C(\C)Nc1c(C(C)C)cccc1C(C)C. The Balaban J connectivity index is 2.40. The Kier molecular flexibility index (Phi) is 8.25.